The molecule has 0 atom stereocenters. The topological polar surface area (TPSA) is 113 Å². The number of rotatable bonds is 6. The minimum absolute atomic E-state index is 0.0313. The molecule has 0 spiro atoms. The Kier molecular flexibility index (Phi) is 6.03. The first kappa shape index (κ1) is 22.1. The Morgan fingerprint density at radius 3 is 2.13 bits per heavy atom. The van der Waals surface area contributed by atoms with E-state index in [0.29, 0.717) is 18.2 Å². The van der Waals surface area contributed by atoms with Gasteiger partial charge in [-0.1, -0.05) is 6.58 Å². The molecule has 9 nitrogen and oxygen atoms in total. The lowest BCUT2D eigenvalue weighted by atomic mass is 10.3. The number of sulfonamides is 2. The Hall–Kier alpha value is -2.09. The molecular weight excluding hydrogens is 462 g/mol. The lowest BCUT2D eigenvalue weighted by molar-refractivity contribution is -0.111. The molecule has 1 saturated heterocycles. The van der Waals surface area contributed by atoms with Crippen LogP contribution < -0.4 is 5.32 Å². The summed E-state index contributed by atoms with van der Waals surface area (Å²) in [5.41, 5.74) is 0.833. The minimum Gasteiger partial charge on any atom is -0.379 e. The number of nitrogens with one attached hydrogen (secondary N) is 1. The maximum atomic E-state index is 13.0. The number of benzene rings is 1. The van der Waals surface area contributed by atoms with Gasteiger partial charge in [0, 0.05) is 31.1 Å². The van der Waals surface area contributed by atoms with E-state index in [4.69, 9.17) is 4.74 Å². The number of ether oxygens (including phenoxy) is 1. The summed E-state index contributed by atoms with van der Waals surface area (Å²) in [5, 5.41) is 3.32. The molecule has 3 heterocycles. The lowest BCUT2D eigenvalue weighted by Crippen LogP contribution is -2.40. The molecule has 1 N–H and O–H groups in total. The highest BCUT2D eigenvalue weighted by Gasteiger charge is 2.33. The van der Waals surface area contributed by atoms with Crippen LogP contribution in [0.3, 0.4) is 0 Å². The molecule has 0 saturated carbocycles. The SMILES string of the molecule is C=CC(=O)Nc1cc2c(s1)CN(S(=O)(=O)c1ccc(S(=O)(=O)N3CCOCC3)cc1)C2. The Morgan fingerprint density at radius 2 is 1.58 bits per heavy atom. The fourth-order valence-corrected chi connectivity index (χ4v) is 7.38. The van der Waals surface area contributed by atoms with Gasteiger partial charge in [-0.15, -0.1) is 11.3 Å². The summed E-state index contributed by atoms with van der Waals surface area (Å²) in [6.45, 7) is 5.00. The summed E-state index contributed by atoms with van der Waals surface area (Å²) in [6.07, 6.45) is 1.17. The summed E-state index contributed by atoms with van der Waals surface area (Å²) in [6, 6.07) is 7.06. The van der Waals surface area contributed by atoms with E-state index in [2.05, 4.69) is 11.9 Å². The Bertz CT molecular complexity index is 1190. The van der Waals surface area contributed by atoms with Gasteiger partial charge in [0.25, 0.3) is 0 Å². The third kappa shape index (κ3) is 4.31. The second-order valence-electron chi connectivity index (χ2n) is 7.01. The highest BCUT2D eigenvalue weighted by atomic mass is 32.2. The van der Waals surface area contributed by atoms with E-state index >= 15 is 0 Å². The number of thiophene rings is 1. The smallest absolute Gasteiger partial charge is 0.248 e. The number of carbonyl (C=O) groups is 1. The molecule has 0 unspecified atom stereocenters. The van der Waals surface area contributed by atoms with E-state index in [1.165, 1.54) is 50.3 Å². The van der Waals surface area contributed by atoms with Crippen molar-refractivity contribution >= 4 is 42.3 Å². The number of nitrogens with zero attached hydrogens (tertiary/aromatic N) is 2. The largest absolute Gasteiger partial charge is 0.379 e. The van der Waals surface area contributed by atoms with Crippen LogP contribution in [0.5, 0.6) is 0 Å². The van der Waals surface area contributed by atoms with Crippen LogP contribution in [0.2, 0.25) is 0 Å². The van der Waals surface area contributed by atoms with E-state index in [9.17, 15) is 21.6 Å². The molecular formula is C19H21N3O6S3. The highest BCUT2D eigenvalue weighted by molar-refractivity contribution is 7.89. The number of anilines is 1. The van der Waals surface area contributed by atoms with Crippen LogP contribution in [-0.2, 0) is 42.7 Å². The highest BCUT2D eigenvalue weighted by Crippen LogP contribution is 2.37. The average Bonchev–Trinajstić information content (AvgIpc) is 3.33. The summed E-state index contributed by atoms with van der Waals surface area (Å²) < 4.78 is 59.4. The Morgan fingerprint density at radius 1 is 1.00 bits per heavy atom. The fourth-order valence-electron chi connectivity index (χ4n) is 3.41. The van der Waals surface area contributed by atoms with E-state index in [1.807, 2.05) is 0 Å². The normalized spacial score (nSPS) is 17.9. The zero-order valence-electron chi connectivity index (χ0n) is 16.5. The number of fused-ring (bicyclic) bond motifs is 1. The van der Waals surface area contributed by atoms with Crippen molar-refractivity contribution in [2.75, 3.05) is 31.6 Å². The van der Waals surface area contributed by atoms with Gasteiger partial charge in [-0.25, -0.2) is 16.8 Å². The van der Waals surface area contributed by atoms with Crippen LogP contribution in [0.25, 0.3) is 0 Å². The van der Waals surface area contributed by atoms with E-state index in [1.54, 1.807) is 6.07 Å². The summed E-state index contributed by atoms with van der Waals surface area (Å²) >= 11 is 1.32. The van der Waals surface area contributed by atoms with Gasteiger partial charge in [0.05, 0.1) is 28.0 Å². The molecule has 1 fully saturated rings. The van der Waals surface area contributed by atoms with Crippen molar-refractivity contribution in [3.05, 3.63) is 53.4 Å². The molecule has 2 aromatic rings. The molecule has 4 rings (SSSR count). The second kappa shape index (κ2) is 8.45. The quantitative estimate of drug-likeness (QED) is 0.625. The molecule has 0 bridgehead atoms. The molecule has 0 aliphatic carbocycles. The van der Waals surface area contributed by atoms with E-state index in [-0.39, 0.29) is 41.9 Å². The van der Waals surface area contributed by atoms with Gasteiger partial charge in [-0.2, -0.15) is 8.61 Å². The Balaban J connectivity index is 1.49. The first-order chi connectivity index (χ1) is 14.7. The monoisotopic (exact) mass is 483 g/mol. The maximum Gasteiger partial charge on any atom is 0.248 e. The number of morpholine rings is 1. The van der Waals surface area contributed by atoms with Crippen LogP contribution in [-0.4, -0.2) is 57.7 Å². The first-order valence-electron chi connectivity index (χ1n) is 9.45. The molecule has 2 aliphatic heterocycles. The van der Waals surface area contributed by atoms with Crippen LogP contribution in [0, 0.1) is 0 Å². The molecule has 166 valence electrons. The molecule has 0 radical (unpaired) electrons. The third-order valence-electron chi connectivity index (χ3n) is 5.06. The van der Waals surface area contributed by atoms with Gasteiger partial charge in [0.15, 0.2) is 0 Å². The number of hydrogen-bond donors (Lipinski definition) is 1. The van der Waals surface area contributed by atoms with Crippen molar-refractivity contribution in [3.63, 3.8) is 0 Å². The van der Waals surface area contributed by atoms with Crippen molar-refractivity contribution in [3.8, 4) is 0 Å². The predicted molar refractivity (Wildman–Crippen MR) is 116 cm³/mol. The van der Waals surface area contributed by atoms with Crippen LogP contribution in [0.4, 0.5) is 5.00 Å². The van der Waals surface area contributed by atoms with Gasteiger partial charge < -0.3 is 10.1 Å². The van der Waals surface area contributed by atoms with Crippen LogP contribution in [0.1, 0.15) is 10.4 Å². The predicted octanol–water partition coefficient (Wildman–Crippen LogP) is 1.60. The zero-order chi connectivity index (χ0) is 22.2. The van der Waals surface area contributed by atoms with E-state index < -0.39 is 20.0 Å². The number of carbonyl (C=O) groups excluding carboxylic acids is 1. The maximum absolute atomic E-state index is 13.0. The molecule has 2 aliphatic rings. The van der Waals surface area contributed by atoms with E-state index in [0.717, 1.165) is 10.4 Å². The van der Waals surface area contributed by atoms with Crippen molar-refractivity contribution in [2.45, 2.75) is 22.9 Å². The zero-order valence-corrected chi connectivity index (χ0v) is 18.9. The van der Waals surface area contributed by atoms with Crippen molar-refractivity contribution in [2.24, 2.45) is 0 Å². The summed E-state index contributed by atoms with van der Waals surface area (Å²) in [4.78, 5) is 12.4. The van der Waals surface area contributed by atoms with Gasteiger partial charge in [-0.05, 0) is 42.0 Å². The number of amides is 1. The number of hydrogen-bond acceptors (Lipinski definition) is 7. The fraction of sp³-hybridized carbons (Fsp3) is 0.316. The van der Waals surface area contributed by atoms with Gasteiger partial charge >= 0.3 is 0 Å². The minimum atomic E-state index is -3.80. The van der Waals surface area contributed by atoms with Crippen LogP contribution in [0.15, 0.2) is 52.8 Å². The first-order valence-corrected chi connectivity index (χ1v) is 13.1. The summed E-state index contributed by atoms with van der Waals surface area (Å²) in [5.74, 6) is -0.323. The van der Waals surface area contributed by atoms with Crippen LogP contribution >= 0.6 is 11.3 Å². The molecule has 12 heteroatoms. The standard InChI is InChI=1S/C19H21N3O6S3/c1-2-18(23)20-19-11-14-12-22(13-17(14)29-19)31(26,27)16-5-3-15(4-6-16)30(24,25)21-7-9-28-10-8-21/h2-6,11H,1,7-10,12-13H2,(H,20,23). The second-order valence-corrected chi connectivity index (χ2v) is 12.0. The molecule has 1 amide bonds. The molecule has 31 heavy (non-hydrogen) atoms. The third-order valence-corrected chi connectivity index (χ3v) is 9.86. The van der Waals surface area contributed by atoms with Gasteiger partial charge in [0.1, 0.15) is 0 Å². The molecule has 1 aromatic carbocycles. The molecule has 1 aromatic heterocycles. The Labute approximate surface area is 185 Å². The van der Waals surface area contributed by atoms with Crippen molar-refractivity contribution in [1.82, 2.24) is 8.61 Å². The van der Waals surface area contributed by atoms with Gasteiger partial charge in [-0.3, -0.25) is 4.79 Å². The lowest BCUT2D eigenvalue weighted by Gasteiger charge is -2.26. The van der Waals surface area contributed by atoms with Gasteiger partial charge in [0.2, 0.25) is 26.0 Å². The van der Waals surface area contributed by atoms with Crippen molar-refractivity contribution in [1.29, 1.82) is 0 Å². The summed E-state index contributed by atoms with van der Waals surface area (Å²) in [7, 11) is -7.49. The van der Waals surface area contributed by atoms with Crippen molar-refractivity contribution < 1.29 is 26.4 Å². The average molecular weight is 484 g/mol.